The number of rotatable bonds is 5. The van der Waals surface area contributed by atoms with Gasteiger partial charge < -0.3 is 19.6 Å². The summed E-state index contributed by atoms with van der Waals surface area (Å²) in [5.41, 5.74) is 2.19. The molecule has 7 heteroatoms. The molecule has 0 bridgehead atoms. The Balaban J connectivity index is 1.99. The molecular weight excluding hydrogens is 272 g/mol. The van der Waals surface area contributed by atoms with Crippen LogP contribution in [-0.4, -0.2) is 32.3 Å². The van der Waals surface area contributed by atoms with Gasteiger partial charge in [0.05, 0.1) is 0 Å². The third kappa shape index (κ3) is 3.65. The van der Waals surface area contributed by atoms with Crippen molar-refractivity contribution in [2.45, 2.75) is 20.0 Å². The van der Waals surface area contributed by atoms with Crippen LogP contribution in [0.2, 0.25) is 0 Å². The highest BCUT2D eigenvalue weighted by Gasteiger charge is 2.15. The largest absolute Gasteiger partial charge is 0.381 e. The molecule has 0 aliphatic carbocycles. The van der Waals surface area contributed by atoms with E-state index in [2.05, 4.69) is 4.98 Å². The van der Waals surface area contributed by atoms with E-state index >= 15 is 0 Å². The number of imidazole rings is 1. The molecule has 0 unspecified atom stereocenters. The lowest BCUT2D eigenvalue weighted by molar-refractivity contribution is -0.389. The minimum absolute atomic E-state index is 0.0310. The first-order valence-electron chi connectivity index (χ1n) is 6.42. The highest BCUT2D eigenvalue weighted by molar-refractivity contribution is 5.75. The molecule has 21 heavy (non-hydrogen) atoms. The smallest absolute Gasteiger partial charge is 0.358 e. The van der Waals surface area contributed by atoms with Crippen molar-refractivity contribution >= 4 is 11.7 Å². The second-order valence-corrected chi connectivity index (χ2v) is 4.84. The van der Waals surface area contributed by atoms with Crippen LogP contribution in [-0.2, 0) is 17.9 Å². The van der Waals surface area contributed by atoms with E-state index in [-0.39, 0.29) is 18.3 Å². The van der Waals surface area contributed by atoms with Gasteiger partial charge in [-0.15, -0.1) is 0 Å². The zero-order chi connectivity index (χ0) is 15.4. The fourth-order valence-electron chi connectivity index (χ4n) is 1.94. The number of benzene rings is 1. The molecule has 0 saturated heterocycles. The average molecular weight is 288 g/mol. The number of nitro groups is 1. The third-order valence-corrected chi connectivity index (χ3v) is 3.22. The number of hydrogen-bond acceptors (Lipinski definition) is 4. The van der Waals surface area contributed by atoms with E-state index in [0.29, 0.717) is 6.54 Å². The maximum atomic E-state index is 12.1. The second-order valence-electron chi connectivity index (χ2n) is 4.84. The molecule has 7 nitrogen and oxygen atoms in total. The molecule has 1 aromatic heterocycles. The van der Waals surface area contributed by atoms with Crippen LogP contribution < -0.4 is 0 Å². The monoisotopic (exact) mass is 288 g/mol. The van der Waals surface area contributed by atoms with Crippen LogP contribution in [0.25, 0.3) is 0 Å². The van der Waals surface area contributed by atoms with E-state index in [4.69, 9.17) is 0 Å². The zero-order valence-electron chi connectivity index (χ0n) is 11.9. The van der Waals surface area contributed by atoms with Gasteiger partial charge in [-0.1, -0.05) is 24.3 Å². The van der Waals surface area contributed by atoms with Crippen LogP contribution in [0.4, 0.5) is 5.82 Å². The van der Waals surface area contributed by atoms with Crippen molar-refractivity contribution in [3.05, 3.63) is 58.0 Å². The van der Waals surface area contributed by atoms with Crippen molar-refractivity contribution < 1.29 is 9.72 Å². The molecule has 0 fully saturated rings. The van der Waals surface area contributed by atoms with E-state index in [9.17, 15) is 14.9 Å². The third-order valence-electron chi connectivity index (χ3n) is 3.22. The van der Waals surface area contributed by atoms with Gasteiger partial charge in [0.15, 0.2) is 0 Å². The van der Waals surface area contributed by atoms with E-state index in [1.807, 2.05) is 31.2 Å². The van der Waals surface area contributed by atoms with Crippen molar-refractivity contribution in [1.29, 1.82) is 0 Å². The van der Waals surface area contributed by atoms with E-state index in [1.165, 1.54) is 17.1 Å². The van der Waals surface area contributed by atoms with Gasteiger partial charge in [0, 0.05) is 13.6 Å². The Morgan fingerprint density at radius 1 is 1.43 bits per heavy atom. The summed E-state index contributed by atoms with van der Waals surface area (Å²) in [5.74, 6) is -0.394. The average Bonchev–Trinajstić information content (AvgIpc) is 2.90. The Morgan fingerprint density at radius 3 is 2.76 bits per heavy atom. The topological polar surface area (TPSA) is 81.3 Å². The van der Waals surface area contributed by atoms with Crippen molar-refractivity contribution in [3.8, 4) is 0 Å². The molecule has 1 aromatic carbocycles. The fraction of sp³-hybridized carbons (Fsp3) is 0.286. The number of carbonyl (C=O) groups excluding carboxylic acids is 1. The molecule has 2 rings (SSSR count). The van der Waals surface area contributed by atoms with E-state index in [0.717, 1.165) is 11.1 Å². The van der Waals surface area contributed by atoms with Crippen LogP contribution in [0, 0.1) is 17.0 Å². The quantitative estimate of drug-likeness (QED) is 0.620. The molecule has 0 radical (unpaired) electrons. The minimum Gasteiger partial charge on any atom is -0.358 e. The molecule has 1 heterocycles. The van der Waals surface area contributed by atoms with Gasteiger partial charge >= 0.3 is 5.82 Å². The van der Waals surface area contributed by atoms with Gasteiger partial charge in [0.1, 0.15) is 12.7 Å². The molecule has 1 amide bonds. The summed E-state index contributed by atoms with van der Waals surface area (Å²) in [6, 6.07) is 7.85. The Morgan fingerprint density at radius 2 is 2.14 bits per heavy atom. The van der Waals surface area contributed by atoms with Gasteiger partial charge in [0.2, 0.25) is 12.2 Å². The lowest BCUT2D eigenvalue weighted by atomic mass is 10.1. The lowest BCUT2D eigenvalue weighted by Gasteiger charge is -2.18. The lowest BCUT2D eigenvalue weighted by Crippen LogP contribution is -2.29. The first-order chi connectivity index (χ1) is 9.97. The SMILES string of the molecule is Cc1ccccc1CN(C)C(=O)Cn1cnc([N+](=O)[O-])c1. The number of hydrogen-bond donors (Lipinski definition) is 0. The Hall–Kier alpha value is -2.70. The first-order valence-corrected chi connectivity index (χ1v) is 6.42. The molecule has 0 aliphatic rings. The van der Waals surface area contributed by atoms with Crippen LogP contribution in [0.5, 0.6) is 0 Å². The predicted molar refractivity (Wildman–Crippen MR) is 76.5 cm³/mol. The summed E-state index contributed by atoms with van der Waals surface area (Å²) in [6.07, 6.45) is 2.54. The number of amides is 1. The number of carbonyl (C=O) groups is 1. The number of aromatic nitrogens is 2. The molecule has 0 atom stereocenters. The second kappa shape index (κ2) is 6.17. The summed E-state index contributed by atoms with van der Waals surface area (Å²) in [4.78, 5) is 27.3. The standard InChI is InChI=1S/C14H16N4O3/c1-11-5-3-4-6-12(11)7-16(2)14(19)9-17-8-13(15-10-17)18(20)21/h3-6,8,10H,7,9H2,1-2H3. The van der Waals surface area contributed by atoms with Crippen LogP contribution in [0.15, 0.2) is 36.8 Å². The van der Waals surface area contributed by atoms with Crippen molar-refractivity contribution in [2.75, 3.05) is 7.05 Å². The van der Waals surface area contributed by atoms with E-state index < -0.39 is 4.92 Å². The predicted octanol–water partition coefficient (Wildman–Crippen LogP) is 1.76. The number of likely N-dealkylation sites (N-methyl/N-ethyl adjacent to an activating group) is 1. The van der Waals surface area contributed by atoms with Gasteiger partial charge in [0.25, 0.3) is 0 Å². The normalized spacial score (nSPS) is 10.4. The molecular formula is C14H16N4O3. The number of nitrogens with zero attached hydrogens (tertiary/aromatic N) is 4. The molecule has 0 aliphatic heterocycles. The highest BCUT2D eigenvalue weighted by Crippen LogP contribution is 2.10. The minimum atomic E-state index is -0.585. The Labute approximate surface area is 122 Å². The zero-order valence-corrected chi connectivity index (χ0v) is 11.9. The Kier molecular flexibility index (Phi) is 4.32. The summed E-state index contributed by atoms with van der Waals surface area (Å²) in [6.45, 7) is 2.53. The van der Waals surface area contributed by atoms with Crippen LogP contribution in [0.3, 0.4) is 0 Å². The Bertz CT molecular complexity index is 666. The number of aryl methyl sites for hydroxylation is 1. The van der Waals surface area contributed by atoms with E-state index in [1.54, 1.807) is 11.9 Å². The van der Waals surface area contributed by atoms with Gasteiger partial charge in [-0.05, 0) is 28.0 Å². The van der Waals surface area contributed by atoms with Gasteiger partial charge in [-0.2, -0.15) is 0 Å². The summed E-state index contributed by atoms with van der Waals surface area (Å²) in [5, 5.41) is 10.5. The molecule has 110 valence electrons. The van der Waals surface area contributed by atoms with Gasteiger partial charge in [-0.3, -0.25) is 4.79 Å². The summed E-state index contributed by atoms with van der Waals surface area (Å²) in [7, 11) is 1.71. The highest BCUT2D eigenvalue weighted by atomic mass is 16.6. The van der Waals surface area contributed by atoms with Crippen LogP contribution in [0.1, 0.15) is 11.1 Å². The molecule has 0 N–H and O–H groups in total. The summed E-state index contributed by atoms with van der Waals surface area (Å²) < 4.78 is 1.41. The fourth-order valence-corrected chi connectivity index (χ4v) is 1.94. The van der Waals surface area contributed by atoms with Crippen molar-refractivity contribution in [3.63, 3.8) is 0 Å². The maximum Gasteiger partial charge on any atom is 0.381 e. The first kappa shape index (κ1) is 14.7. The van der Waals surface area contributed by atoms with Crippen LogP contribution >= 0.6 is 0 Å². The van der Waals surface area contributed by atoms with Gasteiger partial charge in [-0.25, -0.2) is 0 Å². The molecule has 2 aromatic rings. The molecule has 0 saturated carbocycles. The van der Waals surface area contributed by atoms with Crippen molar-refractivity contribution in [1.82, 2.24) is 14.5 Å². The molecule has 0 spiro atoms. The van der Waals surface area contributed by atoms with Crippen molar-refractivity contribution in [2.24, 2.45) is 0 Å². The summed E-state index contributed by atoms with van der Waals surface area (Å²) >= 11 is 0. The maximum absolute atomic E-state index is 12.1.